The quantitative estimate of drug-likeness (QED) is 0.652. The zero-order valence-electron chi connectivity index (χ0n) is 9.60. The van der Waals surface area contributed by atoms with Gasteiger partial charge in [0, 0.05) is 11.5 Å². The van der Waals surface area contributed by atoms with Gasteiger partial charge in [-0.05, 0) is 13.8 Å². The van der Waals surface area contributed by atoms with Crippen LogP contribution in [0.5, 0.6) is 0 Å². The number of hydrogen-bond donors (Lipinski definition) is 1. The molecular formula is C11H19NO2. The summed E-state index contributed by atoms with van der Waals surface area (Å²) in [7, 11) is 0. The van der Waals surface area contributed by atoms with E-state index in [9.17, 15) is 4.79 Å². The third-order valence-corrected chi connectivity index (χ3v) is 2.05. The van der Waals surface area contributed by atoms with E-state index in [0.29, 0.717) is 12.5 Å². The molecule has 0 bridgehead atoms. The first-order valence-corrected chi connectivity index (χ1v) is 4.88. The van der Waals surface area contributed by atoms with E-state index in [1.54, 1.807) is 6.08 Å². The van der Waals surface area contributed by atoms with Gasteiger partial charge in [-0.2, -0.15) is 0 Å². The third-order valence-electron chi connectivity index (χ3n) is 2.05. The van der Waals surface area contributed by atoms with Crippen molar-refractivity contribution in [3.63, 3.8) is 0 Å². The van der Waals surface area contributed by atoms with E-state index in [4.69, 9.17) is 4.74 Å². The molecule has 3 nitrogen and oxygen atoms in total. The predicted molar refractivity (Wildman–Crippen MR) is 55.7 cm³/mol. The normalized spacial score (nSPS) is 23.1. The summed E-state index contributed by atoms with van der Waals surface area (Å²) in [4.78, 5) is 11.6. The molecule has 1 saturated heterocycles. The first-order chi connectivity index (χ1) is 6.21. The van der Waals surface area contributed by atoms with Crippen molar-refractivity contribution in [1.29, 1.82) is 0 Å². The van der Waals surface area contributed by atoms with Gasteiger partial charge in [0.15, 0.2) is 11.7 Å². The molecule has 0 atom stereocenters. The summed E-state index contributed by atoms with van der Waals surface area (Å²) in [6.07, 6.45) is 1.55. The highest BCUT2D eigenvalue weighted by molar-refractivity contribution is 5.94. The highest BCUT2D eigenvalue weighted by Crippen LogP contribution is 2.20. The van der Waals surface area contributed by atoms with Gasteiger partial charge in [0.2, 0.25) is 0 Å². The van der Waals surface area contributed by atoms with E-state index in [0.717, 1.165) is 0 Å². The molecule has 14 heavy (non-hydrogen) atoms. The molecule has 1 rings (SSSR count). The Labute approximate surface area is 85.5 Å². The average Bonchev–Trinajstić information content (AvgIpc) is 2.28. The minimum Gasteiger partial charge on any atom is -0.477 e. The molecule has 0 spiro atoms. The highest BCUT2D eigenvalue weighted by atomic mass is 16.5. The van der Waals surface area contributed by atoms with Crippen molar-refractivity contribution in [2.75, 3.05) is 6.61 Å². The first-order valence-electron chi connectivity index (χ1n) is 4.88. The van der Waals surface area contributed by atoms with Gasteiger partial charge in [-0.25, -0.2) is 0 Å². The Morgan fingerprint density at radius 3 is 2.43 bits per heavy atom. The van der Waals surface area contributed by atoms with Crippen molar-refractivity contribution in [2.24, 2.45) is 5.41 Å². The molecule has 0 aromatic rings. The second kappa shape index (κ2) is 3.30. The van der Waals surface area contributed by atoms with E-state index >= 15 is 0 Å². The number of ether oxygens (including phenoxy) is 1. The number of nitrogens with one attached hydrogen (secondary N) is 1. The first kappa shape index (κ1) is 11.1. The Balaban J connectivity index is 2.68. The molecule has 1 heterocycles. The summed E-state index contributed by atoms with van der Waals surface area (Å²) >= 11 is 0. The maximum Gasteiger partial charge on any atom is 0.190 e. The summed E-state index contributed by atoms with van der Waals surface area (Å²) in [5.41, 5.74) is -0.408. The second-order valence-corrected chi connectivity index (χ2v) is 5.42. The molecule has 1 aliphatic rings. The largest absolute Gasteiger partial charge is 0.477 e. The maximum atomic E-state index is 11.6. The van der Waals surface area contributed by atoms with Crippen molar-refractivity contribution in [3.05, 3.63) is 12.0 Å². The molecule has 0 unspecified atom stereocenters. The van der Waals surface area contributed by atoms with Crippen LogP contribution in [0.3, 0.4) is 0 Å². The number of rotatable bonds is 1. The van der Waals surface area contributed by atoms with Crippen LogP contribution in [0, 0.1) is 5.41 Å². The smallest absolute Gasteiger partial charge is 0.190 e. The van der Waals surface area contributed by atoms with Gasteiger partial charge in [0.05, 0.1) is 5.54 Å². The van der Waals surface area contributed by atoms with Crippen LogP contribution in [0.15, 0.2) is 12.0 Å². The Morgan fingerprint density at radius 1 is 1.50 bits per heavy atom. The van der Waals surface area contributed by atoms with Gasteiger partial charge < -0.3 is 10.1 Å². The fraction of sp³-hybridized carbons (Fsp3) is 0.727. The molecule has 1 fully saturated rings. The van der Waals surface area contributed by atoms with Gasteiger partial charge in [-0.1, -0.05) is 20.8 Å². The van der Waals surface area contributed by atoms with Crippen LogP contribution >= 0.6 is 0 Å². The molecule has 1 aliphatic heterocycles. The van der Waals surface area contributed by atoms with E-state index in [1.165, 1.54) is 0 Å². The number of allylic oxidation sites excluding steroid dienone is 1. The van der Waals surface area contributed by atoms with Crippen molar-refractivity contribution in [1.82, 2.24) is 5.32 Å². The monoisotopic (exact) mass is 197 g/mol. The SMILES string of the molecule is CC1(C)CO/C(=C\C(=O)C(C)(C)C)N1. The van der Waals surface area contributed by atoms with Crippen LogP contribution in [0.25, 0.3) is 0 Å². The van der Waals surface area contributed by atoms with Crippen LogP contribution in [0.4, 0.5) is 0 Å². The lowest BCUT2D eigenvalue weighted by Gasteiger charge is -2.15. The lowest BCUT2D eigenvalue weighted by Crippen LogP contribution is -2.34. The average molecular weight is 197 g/mol. The molecule has 0 saturated carbocycles. The fourth-order valence-electron chi connectivity index (χ4n) is 1.08. The van der Waals surface area contributed by atoms with Crippen LogP contribution in [0.1, 0.15) is 34.6 Å². The zero-order chi connectivity index (χ0) is 11.0. The van der Waals surface area contributed by atoms with Crippen molar-refractivity contribution in [2.45, 2.75) is 40.2 Å². The van der Waals surface area contributed by atoms with Gasteiger partial charge >= 0.3 is 0 Å². The maximum absolute atomic E-state index is 11.6. The molecule has 0 aromatic heterocycles. The Morgan fingerprint density at radius 2 is 2.07 bits per heavy atom. The van der Waals surface area contributed by atoms with Gasteiger partial charge in [0.1, 0.15) is 6.61 Å². The molecule has 3 heteroatoms. The Bertz CT molecular complexity index is 272. The standard InChI is InChI=1S/C11H19NO2/c1-10(2,3)8(13)6-9-12-11(4,5)7-14-9/h6,12H,7H2,1-5H3/b9-6-. The van der Waals surface area contributed by atoms with Crippen LogP contribution in [0.2, 0.25) is 0 Å². The van der Waals surface area contributed by atoms with Gasteiger partial charge in [-0.3, -0.25) is 4.79 Å². The van der Waals surface area contributed by atoms with Crippen LogP contribution in [-0.2, 0) is 9.53 Å². The van der Waals surface area contributed by atoms with E-state index in [-0.39, 0.29) is 16.7 Å². The van der Waals surface area contributed by atoms with E-state index in [1.807, 2.05) is 34.6 Å². The van der Waals surface area contributed by atoms with Crippen molar-refractivity contribution in [3.8, 4) is 0 Å². The number of ketones is 1. The van der Waals surface area contributed by atoms with Gasteiger partial charge in [-0.15, -0.1) is 0 Å². The lowest BCUT2D eigenvalue weighted by atomic mass is 9.91. The predicted octanol–water partition coefficient (Wildman–Crippen LogP) is 1.84. The molecule has 0 amide bonds. The second-order valence-electron chi connectivity index (χ2n) is 5.42. The summed E-state index contributed by atoms with van der Waals surface area (Å²) in [5, 5.41) is 3.15. The van der Waals surface area contributed by atoms with Crippen LogP contribution in [-0.4, -0.2) is 17.9 Å². The Hall–Kier alpha value is -0.990. The molecule has 0 radical (unpaired) electrons. The topological polar surface area (TPSA) is 38.3 Å². The summed E-state index contributed by atoms with van der Waals surface area (Å²) in [6.45, 7) is 10.4. The number of hydrogen-bond acceptors (Lipinski definition) is 3. The van der Waals surface area contributed by atoms with Crippen LogP contribution < -0.4 is 5.32 Å². The number of carbonyl (C=O) groups excluding carboxylic acids is 1. The summed E-state index contributed by atoms with van der Waals surface area (Å²) in [5.74, 6) is 0.674. The minimum atomic E-state index is -0.342. The molecular weight excluding hydrogens is 178 g/mol. The van der Waals surface area contributed by atoms with Crippen molar-refractivity contribution >= 4 is 5.78 Å². The number of carbonyl (C=O) groups is 1. The molecule has 80 valence electrons. The molecule has 0 aliphatic carbocycles. The lowest BCUT2D eigenvalue weighted by molar-refractivity contribution is -0.121. The van der Waals surface area contributed by atoms with Crippen molar-refractivity contribution < 1.29 is 9.53 Å². The highest BCUT2D eigenvalue weighted by Gasteiger charge is 2.29. The summed E-state index contributed by atoms with van der Waals surface area (Å²) < 4.78 is 5.36. The van der Waals surface area contributed by atoms with Gasteiger partial charge in [0.25, 0.3) is 0 Å². The zero-order valence-corrected chi connectivity index (χ0v) is 9.60. The van der Waals surface area contributed by atoms with E-state index < -0.39 is 0 Å². The molecule has 1 N–H and O–H groups in total. The fourth-order valence-corrected chi connectivity index (χ4v) is 1.08. The minimum absolute atomic E-state index is 0.0655. The Kier molecular flexibility index (Phi) is 2.61. The third kappa shape index (κ3) is 2.76. The summed E-state index contributed by atoms with van der Waals surface area (Å²) in [6, 6.07) is 0. The molecule has 0 aromatic carbocycles. The van der Waals surface area contributed by atoms with E-state index in [2.05, 4.69) is 5.32 Å².